The molecule has 92 valence electrons. The molecule has 6 heteroatoms. The van der Waals surface area contributed by atoms with Crippen LogP contribution in [0.15, 0.2) is 30.5 Å². The molecule has 0 aromatic carbocycles. The normalized spacial score (nSPS) is 9.89. The van der Waals surface area contributed by atoms with E-state index in [1.807, 2.05) is 19.9 Å². The number of amides is 1. The lowest BCUT2D eigenvalue weighted by Crippen LogP contribution is -2.31. The number of hydrogen-bond donors (Lipinski definition) is 2. The van der Waals surface area contributed by atoms with Gasteiger partial charge in [-0.3, -0.25) is 20.6 Å². The summed E-state index contributed by atoms with van der Waals surface area (Å²) in [6.07, 6.45) is 1.56. The molecule has 0 saturated heterocycles. The Kier molecular flexibility index (Phi) is 3.47. The first-order valence-electron chi connectivity index (χ1n) is 5.45. The van der Waals surface area contributed by atoms with E-state index in [1.165, 1.54) is 0 Å². The van der Waals surface area contributed by atoms with E-state index in [-0.39, 0.29) is 5.91 Å². The number of nitrogens with one attached hydrogen (secondary N) is 2. The van der Waals surface area contributed by atoms with Crippen LogP contribution >= 0.6 is 0 Å². The highest BCUT2D eigenvalue weighted by atomic mass is 16.2. The monoisotopic (exact) mass is 243 g/mol. The van der Waals surface area contributed by atoms with Crippen LogP contribution < -0.4 is 10.9 Å². The maximum absolute atomic E-state index is 11.7. The number of anilines is 1. The molecular formula is C12H13N5O. The minimum absolute atomic E-state index is 0.328. The Bertz CT molecular complexity index is 535. The van der Waals surface area contributed by atoms with Gasteiger partial charge < -0.3 is 0 Å². The highest BCUT2D eigenvalue weighted by Crippen LogP contribution is 2.02. The Labute approximate surface area is 104 Å². The van der Waals surface area contributed by atoms with Crippen molar-refractivity contribution in [2.24, 2.45) is 0 Å². The lowest BCUT2D eigenvalue weighted by atomic mass is 10.3. The molecule has 2 heterocycles. The number of pyridine rings is 1. The van der Waals surface area contributed by atoms with Crippen LogP contribution in [0.5, 0.6) is 0 Å². The molecule has 0 atom stereocenters. The highest BCUT2D eigenvalue weighted by Gasteiger charge is 2.06. The van der Waals surface area contributed by atoms with Crippen molar-refractivity contribution < 1.29 is 4.79 Å². The van der Waals surface area contributed by atoms with E-state index in [0.29, 0.717) is 11.6 Å². The molecule has 0 aliphatic carbocycles. The molecule has 0 unspecified atom stereocenters. The van der Waals surface area contributed by atoms with Gasteiger partial charge in [0.25, 0.3) is 5.91 Å². The summed E-state index contributed by atoms with van der Waals surface area (Å²) in [5.41, 5.74) is 7.15. The van der Waals surface area contributed by atoms with Gasteiger partial charge in [-0.15, -0.1) is 0 Å². The molecule has 0 spiro atoms. The molecule has 6 nitrogen and oxygen atoms in total. The predicted octanol–water partition coefficient (Wildman–Crippen LogP) is 1.25. The maximum Gasteiger partial charge on any atom is 0.288 e. The number of rotatable bonds is 3. The van der Waals surface area contributed by atoms with Crippen molar-refractivity contribution in [2.45, 2.75) is 13.8 Å². The van der Waals surface area contributed by atoms with Crippen molar-refractivity contribution in [3.8, 4) is 0 Å². The second kappa shape index (κ2) is 5.22. The average molecular weight is 243 g/mol. The fourth-order valence-corrected chi connectivity index (χ4v) is 1.46. The molecule has 0 saturated carbocycles. The molecule has 0 fully saturated rings. The van der Waals surface area contributed by atoms with Crippen molar-refractivity contribution >= 4 is 11.9 Å². The molecular weight excluding hydrogens is 230 g/mol. The number of hydrazine groups is 1. The number of aryl methyl sites for hydroxylation is 2. The maximum atomic E-state index is 11.7. The second-order valence-electron chi connectivity index (χ2n) is 3.77. The van der Waals surface area contributed by atoms with Gasteiger partial charge in [0, 0.05) is 17.6 Å². The largest absolute Gasteiger partial charge is 0.288 e. The zero-order valence-corrected chi connectivity index (χ0v) is 10.1. The second-order valence-corrected chi connectivity index (χ2v) is 3.77. The predicted molar refractivity (Wildman–Crippen MR) is 66.8 cm³/mol. The van der Waals surface area contributed by atoms with Crippen LogP contribution in [0, 0.1) is 13.8 Å². The molecule has 2 rings (SSSR count). The third kappa shape index (κ3) is 3.00. The van der Waals surface area contributed by atoms with Gasteiger partial charge in [0.1, 0.15) is 5.69 Å². The van der Waals surface area contributed by atoms with E-state index in [1.54, 1.807) is 24.4 Å². The van der Waals surface area contributed by atoms with Gasteiger partial charge in [-0.2, -0.15) is 0 Å². The summed E-state index contributed by atoms with van der Waals surface area (Å²) in [5, 5.41) is 0. The number of carbonyl (C=O) groups is 1. The van der Waals surface area contributed by atoms with Crippen LogP contribution in [-0.4, -0.2) is 20.9 Å². The molecule has 2 N–H and O–H groups in total. The van der Waals surface area contributed by atoms with E-state index >= 15 is 0 Å². The SMILES string of the molecule is Cc1cc(C)nc(NNC(=O)c2ccccn2)n1. The van der Waals surface area contributed by atoms with Crippen molar-refractivity contribution in [2.75, 3.05) is 5.43 Å². The number of carbonyl (C=O) groups excluding carboxylic acids is 1. The molecule has 1 amide bonds. The van der Waals surface area contributed by atoms with E-state index in [2.05, 4.69) is 25.8 Å². The van der Waals surface area contributed by atoms with Crippen molar-refractivity contribution in [1.82, 2.24) is 20.4 Å². The summed E-state index contributed by atoms with van der Waals surface area (Å²) in [6, 6.07) is 6.97. The summed E-state index contributed by atoms with van der Waals surface area (Å²) in [5.74, 6) is 0.0233. The summed E-state index contributed by atoms with van der Waals surface area (Å²) < 4.78 is 0. The van der Waals surface area contributed by atoms with Gasteiger partial charge >= 0.3 is 0 Å². The zero-order valence-electron chi connectivity index (χ0n) is 10.1. The van der Waals surface area contributed by atoms with Crippen LogP contribution in [0.2, 0.25) is 0 Å². The zero-order chi connectivity index (χ0) is 13.0. The van der Waals surface area contributed by atoms with Crippen LogP contribution in [-0.2, 0) is 0 Å². The highest BCUT2D eigenvalue weighted by molar-refractivity contribution is 5.92. The summed E-state index contributed by atoms with van der Waals surface area (Å²) in [7, 11) is 0. The first-order chi connectivity index (χ1) is 8.65. The Balaban J connectivity index is 2.02. The van der Waals surface area contributed by atoms with E-state index in [4.69, 9.17) is 0 Å². The minimum atomic E-state index is -0.335. The third-order valence-electron chi connectivity index (χ3n) is 2.17. The average Bonchev–Trinajstić information content (AvgIpc) is 2.36. The molecule has 0 radical (unpaired) electrons. The van der Waals surface area contributed by atoms with Crippen LogP contribution in [0.4, 0.5) is 5.95 Å². The third-order valence-corrected chi connectivity index (χ3v) is 2.17. The molecule has 2 aromatic rings. The molecule has 18 heavy (non-hydrogen) atoms. The Hall–Kier alpha value is -2.50. The van der Waals surface area contributed by atoms with Crippen molar-refractivity contribution in [3.05, 3.63) is 47.5 Å². The Morgan fingerprint density at radius 3 is 2.50 bits per heavy atom. The molecule has 2 aromatic heterocycles. The molecule has 0 bridgehead atoms. The van der Waals surface area contributed by atoms with Gasteiger partial charge in [-0.25, -0.2) is 9.97 Å². The van der Waals surface area contributed by atoms with Crippen LogP contribution in [0.1, 0.15) is 21.9 Å². The van der Waals surface area contributed by atoms with E-state index in [0.717, 1.165) is 11.4 Å². The summed E-state index contributed by atoms with van der Waals surface area (Å²) in [6.45, 7) is 3.72. The van der Waals surface area contributed by atoms with Gasteiger partial charge in [-0.1, -0.05) is 6.07 Å². The fraction of sp³-hybridized carbons (Fsp3) is 0.167. The van der Waals surface area contributed by atoms with Gasteiger partial charge in [0.05, 0.1) is 0 Å². The van der Waals surface area contributed by atoms with Gasteiger partial charge in [-0.05, 0) is 32.0 Å². The topological polar surface area (TPSA) is 79.8 Å². The number of hydrogen-bond acceptors (Lipinski definition) is 5. The summed E-state index contributed by atoms with van der Waals surface area (Å²) in [4.78, 5) is 23.9. The number of aromatic nitrogens is 3. The fourth-order valence-electron chi connectivity index (χ4n) is 1.46. The lowest BCUT2D eigenvalue weighted by molar-refractivity contribution is 0.0957. The first kappa shape index (κ1) is 12.0. The van der Waals surface area contributed by atoms with Gasteiger partial charge in [0.2, 0.25) is 5.95 Å². The van der Waals surface area contributed by atoms with Crippen molar-refractivity contribution in [1.29, 1.82) is 0 Å². The Morgan fingerprint density at radius 1 is 1.17 bits per heavy atom. The minimum Gasteiger partial charge on any atom is -0.266 e. The van der Waals surface area contributed by atoms with Crippen molar-refractivity contribution in [3.63, 3.8) is 0 Å². The number of nitrogens with zero attached hydrogens (tertiary/aromatic N) is 3. The first-order valence-corrected chi connectivity index (χ1v) is 5.45. The van der Waals surface area contributed by atoms with Crippen LogP contribution in [0.3, 0.4) is 0 Å². The van der Waals surface area contributed by atoms with E-state index in [9.17, 15) is 4.79 Å². The van der Waals surface area contributed by atoms with Crippen LogP contribution in [0.25, 0.3) is 0 Å². The van der Waals surface area contributed by atoms with E-state index < -0.39 is 0 Å². The molecule has 0 aliphatic heterocycles. The summed E-state index contributed by atoms with van der Waals surface area (Å²) >= 11 is 0. The smallest absolute Gasteiger partial charge is 0.266 e. The standard InChI is InChI=1S/C12H13N5O/c1-8-7-9(2)15-12(14-8)17-16-11(18)10-5-3-4-6-13-10/h3-7H,1-2H3,(H,16,18)(H,14,15,17). The molecule has 0 aliphatic rings. The van der Waals surface area contributed by atoms with Gasteiger partial charge in [0.15, 0.2) is 0 Å². The quantitative estimate of drug-likeness (QED) is 0.793. The Morgan fingerprint density at radius 2 is 1.89 bits per heavy atom. The lowest BCUT2D eigenvalue weighted by Gasteiger charge is -2.07.